The lowest BCUT2D eigenvalue weighted by Gasteiger charge is -2.25. The minimum atomic E-state index is -0.247. The molecule has 1 amide bonds. The molecule has 30 heavy (non-hydrogen) atoms. The van der Waals surface area contributed by atoms with Gasteiger partial charge in [0, 0.05) is 24.0 Å². The number of anilines is 1. The van der Waals surface area contributed by atoms with Gasteiger partial charge in [-0.3, -0.25) is 9.89 Å². The number of likely N-dealkylation sites (N-methyl/N-ethyl adjacent to an activating group) is 1. The Kier molecular flexibility index (Phi) is 5.99. The molecule has 0 saturated heterocycles. The zero-order valence-electron chi connectivity index (χ0n) is 17.2. The summed E-state index contributed by atoms with van der Waals surface area (Å²) in [5.41, 5.74) is 3.81. The number of aromatic nitrogens is 2. The first-order valence-corrected chi connectivity index (χ1v) is 10.0. The molecule has 0 saturated carbocycles. The zero-order chi connectivity index (χ0) is 20.9. The summed E-state index contributed by atoms with van der Waals surface area (Å²) < 4.78 is 11.6. The van der Waals surface area contributed by atoms with E-state index in [0.29, 0.717) is 19.6 Å². The van der Waals surface area contributed by atoms with Gasteiger partial charge in [0.1, 0.15) is 24.7 Å². The number of benzene rings is 2. The van der Waals surface area contributed by atoms with Gasteiger partial charge in [0.25, 0.3) is 0 Å². The van der Waals surface area contributed by atoms with Crippen molar-refractivity contribution in [2.45, 2.75) is 6.42 Å². The number of carbonyl (C=O) groups excluding carboxylic acids is 1. The highest BCUT2D eigenvalue weighted by Gasteiger charge is 2.26. The van der Waals surface area contributed by atoms with E-state index in [1.165, 1.54) is 0 Å². The largest absolute Gasteiger partial charge is 0.492 e. The molecule has 4 rings (SSSR count). The number of nitrogens with zero attached hydrogens (tertiary/aromatic N) is 2. The van der Waals surface area contributed by atoms with Gasteiger partial charge in [-0.1, -0.05) is 12.1 Å². The predicted molar refractivity (Wildman–Crippen MR) is 116 cm³/mol. The lowest BCUT2D eigenvalue weighted by molar-refractivity contribution is -0.121. The Bertz CT molecular complexity index is 984. The van der Waals surface area contributed by atoms with E-state index >= 15 is 0 Å². The number of nitrogens with one attached hydrogen (secondary N) is 2. The van der Waals surface area contributed by atoms with Crippen molar-refractivity contribution in [3.63, 3.8) is 0 Å². The Balaban J connectivity index is 1.37. The van der Waals surface area contributed by atoms with Crippen molar-refractivity contribution in [1.29, 1.82) is 0 Å². The zero-order valence-corrected chi connectivity index (χ0v) is 17.2. The molecule has 1 aliphatic heterocycles. The van der Waals surface area contributed by atoms with Crippen LogP contribution in [0.3, 0.4) is 0 Å². The van der Waals surface area contributed by atoms with Crippen LogP contribution >= 0.6 is 0 Å². The van der Waals surface area contributed by atoms with Crippen LogP contribution in [-0.2, 0) is 11.2 Å². The fraction of sp³-hybridized carbons (Fsp3) is 0.304. The van der Waals surface area contributed by atoms with Crippen LogP contribution in [0.5, 0.6) is 11.5 Å². The van der Waals surface area contributed by atoms with Gasteiger partial charge in [0.15, 0.2) is 0 Å². The summed E-state index contributed by atoms with van der Waals surface area (Å²) in [7, 11) is 4.02. The molecule has 2 N–H and O–H groups in total. The monoisotopic (exact) mass is 406 g/mol. The molecule has 0 spiro atoms. The van der Waals surface area contributed by atoms with Crippen LogP contribution in [0.15, 0.2) is 54.9 Å². The molecule has 0 radical (unpaired) electrons. The van der Waals surface area contributed by atoms with Gasteiger partial charge >= 0.3 is 0 Å². The first-order chi connectivity index (χ1) is 14.6. The van der Waals surface area contributed by atoms with Crippen LogP contribution < -0.4 is 14.8 Å². The molecule has 0 aliphatic carbocycles. The lowest BCUT2D eigenvalue weighted by Crippen LogP contribution is -2.32. The Morgan fingerprint density at radius 2 is 2.07 bits per heavy atom. The minimum absolute atomic E-state index is 0.0457. The highest BCUT2D eigenvalue weighted by atomic mass is 16.5. The maximum atomic E-state index is 12.8. The molecule has 0 bridgehead atoms. The summed E-state index contributed by atoms with van der Waals surface area (Å²) in [6.45, 7) is 1.83. The number of hydrogen-bond donors (Lipinski definition) is 2. The molecule has 3 aromatic rings. The van der Waals surface area contributed by atoms with Crippen molar-refractivity contribution in [1.82, 2.24) is 15.1 Å². The molecule has 2 heterocycles. The second kappa shape index (κ2) is 9.00. The molecule has 1 unspecified atom stereocenters. The molecular weight excluding hydrogens is 380 g/mol. The lowest BCUT2D eigenvalue weighted by atomic mass is 9.95. The predicted octanol–water partition coefficient (Wildman–Crippen LogP) is 3.21. The first-order valence-electron chi connectivity index (χ1n) is 10.0. The van der Waals surface area contributed by atoms with Crippen molar-refractivity contribution in [2.75, 3.05) is 39.2 Å². The third-order valence-corrected chi connectivity index (χ3v) is 5.10. The van der Waals surface area contributed by atoms with Gasteiger partial charge in [-0.25, -0.2) is 0 Å². The van der Waals surface area contributed by atoms with Crippen molar-refractivity contribution in [2.24, 2.45) is 5.92 Å². The van der Waals surface area contributed by atoms with E-state index in [4.69, 9.17) is 9.47 Å². The normalized spacial score (nSPS) is 15.4. The van der Waals surface area contributed by atoms with Crippen LogP contribution in [0.1, 0.15) is 5.56 Å². The van der Waals surface area contributed by atoms with Gasteiger partial charge in [-0.05, 0) is 62.0 Å². The van der Waals surface area contributed by atoms with E-state index in [2.05, 4.69) is 20.4 Å². The Labute approximate surface area is 176 Å². The molecule has 7 heteroatoms. The fourth-order valence-electron chi connectivity index (χ4n) is 3.37. The maximum absolute atomic E-state index is 12.8. The summed E-state index contributed by atoms with van der Waals surface area (Å²) in [6, 6.07) is 13.5. The van der Waals surface area contributed by atoms with Gasteiger partial charge in [0.05, 0.1) is 12.1 Å². The van der Waals surface area contributed by atoms with E-state index in [-0.39, 0.29) is 11.8 Å². The van der Waals surface area contributed by atoms with Crippen molar-refractivity contribution >= 4 is 11.6 Å². The van der Waals surface area contributed by atoms with Gasteiger partial charge < -0.3 is 19.7 Å². The summed E-state index contributed by atoms with van der Waals surface area (Å²) in [5, 5.41) is 9.76. The molecule has 0 fully saturated rings. The average Bonchev–Trinajstić information content (AvgIpc) is 3.28. The highest BCUT2D eigenvalue weighted by molar-refractivity contribution is 5.93. The number of ether oxygens (including phenoxy) is 2. The molecule has 7 nitrogen and oxygen atoms in total. The number of amides is 1. The topological polar surface area (TPSA) is 79.5 Å². The summed E-state index contributed by atoms with van der Waals surface area (Å²) in [5.74, 6) is 1.33. The maximum Gasteiger partial charge on any atom is 0.231 e. The standard InChI is InChI=1S/C23H26N4O3/c1-27(2)9-10-29-21-7-8-22-17(12-21)11-18(15-30-22)23(28)26-20-5-3-16(4-6-20)19-13-24-25-14-19/h3-8,12-14,18H,9-11,15H2,1-2H3,(H,24,25)(H,26,28). The quantitative estimate of drug-likeness (QED) is 0.630. The minimum Gasteiger partial charge on any atom is -0.492 e. The number of carbonyl (C=O) groups is 1. The SMILES string of the molecule is CN(C)CCOc1ccc2c(c1)CC(C(=O)Nc1ccc(-c3cn[nH]c3)cc1)CO2. The highest BCUT2D eigenvalue weighted by Crippen LogP contribution is 2.31. The summed E-state index contributed by atoms with van der Waals surface area (Å²) in [4.78, 5) is 14.9. The number of rotatable bonds is 7. The first kappa shape index (κ1) is 20.0. The molecule has 1 aliphatic rings. The van der Waals surface area contributed by atoms with Gasteiger partial charge in [-0.15, -0.1) is 0 Å². The number of hydrogen-bond acceptors (Lipinski definition) is 5. The summed E-state index contributed by atoms with van der Waals surface area (Å²) in [6.07, 6.45) is 4.23. The molecule has 1 aromatic heterocycles. The van der Waals surface area contributed by atoms with Crippen molar-refractivity contribution in [3.05, 3.63) is 60.4 Å². The van der Waals surface area contributed by atoms with Crippen LogP contribution in [0.25, 0.3) is 11.1 Å². The second-order valence-corrected chi connectivity index (χ2v) is 7.69. The second-order valence-electron chi connectivity index (χ2n) is 7.69. The van der Waals surface area contributed by atoms with Crippen molar-refractivity contribution in [3.8, 4) is 22.6 Å². The average molecular weight is 406 g/mol. The van der Waals surface area contributed by atoms with Crippen LogP contribution in [-0.4, -0.2) is 54.9 Å². The molecule has 2 aromatic carbocycles. The van der Waals surface area contributed by atoms with Crippen LogP contribution in [0, 0.1) is 5.92 Å². The van der Waals surface area contributed by atoms with E-state index in [1.54, 1.807) is 6.20 Å². The Hall–Kier alpha value is -3.32. The molecule has 156 valence electrons. The van der Waals surface area contributed by atoms with E-state index < -0.39 is 0 Å². The van der Waals surface area contributed by atoms with Gasteiger partial charge in [0.2, 0.25) is 5.91 Å². The fourth-order valence-corrected chi connectivity index (χ4v) is 3.37. The van der Waals surface area contributed by atoms with E-state index in [1.807, 2.05) is 62.8 Å². The number of H-pyrrole nitrogens is 1. The van der Waals surface area contributed by atoms with Crippen molar-refractivity contribution < 1.29 is 14.3 Å². The Morgan fingerprint density at radius 1 is 1.23 bits per heavy atom. The van der Waals surface area contributed by atoms with E-state index in [9.17, 15) is 4.79 Å². The Morgan fingerprint density at radius 3 is 2.80 bits per heavy atom. The third-order valence-electron chi connectivity index (χ3n) is 5.10. The third kappa shape index (κ3) is 4.80. The summed E-state index contributed by atoms with van der Waals surface area (Å²) >= 11 is 0. The smallest absolute Gasteiger partial charge is 0.231 e. The van der Waals surface area contributed by atoms with Crippen LogP contribution in [0.4, 0.5) is 5.69 Å². The van der Waals surface area contributed by atoms with E-state index in [0.717, 1.165) is 40.4 Å². The molecule has 1 atom stereocenters. The van der Waals surface area contributed by atoms with Gasteiger partial charge in [-0.2, -0.15) is 5.10 Å². The molecular formula is C23H26N4O3. The number of aromatic amines is 1. The number of fused-ring (bicyclic) bond motifs is 1. The van der Waals surface area contributed by atoms with Crippen LogP contribution in [0.2, 0.25) is 0 Å².